The smallest absolute Gasteiger partial charge is 0.277 e. The summed E-state index contributed by atoms with van der Waals surface area (Å²) in [5.41, 5.74) is 6.73. The van der Waals surface area contributed by atoms with Crippen LogP contribution in [0.25, 0.3) is 0 Å². The molecule has 1 amide bonds. The van der Waals surface area contributed by atoms with Crippen molar-refractivity contribution in [2.45, 2.75) is 26.9 Å². The summed E-state index contributed by atoms with van der Waals surface area (Å²) in [5.74, 6) is 1.53. The Hall–Kier alpha value is -3.80. The van der Waals surface area contributed by atoms with E-state index in [1.807, 2.05) is 54.6 Å². The number of nitrogens with zero attached hydrogens (tertiary/aromatic N) is 1. The Labute approximate surface area is 188 Å². The van der Waals surface area contributed by atoms with Crippen molar-refractivity contribution in [3.63, 3.8) is 0 Å². The monoisotopic (exact) mass is 432 g/mol. The van der Waals surface area contributed by atoms with E-state index in [-0.39, 0.29) is 12.5 Å². The fraction of sp³-hybridized carbons (Fsp3) is 0.231. The minimum Gasteiger partial charge on any atom is -0.493 e. The Kier molecular flexibility index (Phi) is 8.26. The zero-order valence-electron chi connectivity index (χ0n) is 18.6. The average molecular weight is 433 g/mol. The number of rotatable bonds is 10. The van der Waals surface area contributed by atoms with Crippen LogP contribution in [-0.2, 0) is 17.8 Å². The molecule has 0 atom stereocenters. The summed E-state index contributed by atoms with van der Waals surface area (Å²) in [6.07, 6.45) is 2.50. The molecule has 32 heavy (non-hydrogen) atoms. The highest BCUT2D eigenvalue weighted by atomic mass is 16.5. The Balaban J connectivity index is 1.51. The molecule has 3 aromatic carbocycles. The van der Waals surface area contributed by atoms with Gasteiger partial charge in [-0.2, -0.15) is 5.10 Å². The van der Waals surface area contributed by atoms with Gasteiger partial charge in [-0.1, -0.05) is 43.3 Å². The van der Waals surface area contributed by atoms with Crippen LogP contribution >= 0.6 is 0 Å². The van der Waals surface area contributed by atoms with Gasteiger partial charge >= 0.3 is 0 Å². The molecule has 0 aliphatic heterocycles. The van der Waals surface area contributed by atoms with Crippen molar-refractivity contribution >= 4 is 12.1 Å². The molecule has 0 spiro atoms. The maximum absolute atomic E-state index is 12.0. The van der Waals surface area contributed by atoms with Crippen LogP contribution in [0.4, 0.5) is 0 Å². The zero-order chi connectivity index (χ0) is 22.8. The van der Waals surface area contributed by atoms with E-state index in [0.29, 0.717) is 23.9 Å². The number of hydrazone groups is 1. The standard InChI is InChI=1S/C26H28N2O4/c1-4-20-9-12-23(13-10-20)31-18-26(29)28-27-16-21-11-14-24(25(15-21)30-3)32-17-22-8-6-5-7-19(22)2/h5-16H,4,17-18H2,1-3H3,(H,28,29)/b27-16+. The molecule has 0 aromatic heterocycles. The van der Waals surface area contributed by atoms with E-state index < -0.39 is 0 Å². The summed E-state index contributed by atoms with van der Waals surface area (Å²) in [6.45, 7) is 4.48. The number of benzene rings is 3. The number of hydrogen-bond donors (Lipinski definition) is 1. The van der Waals surface area contributed by atoms with Gasteiger partial charge in [0.15, 0.2) is 18.1 Å². The quantitative estimate of drug-likeness (QED) is 0.373. The van der Waals surface area contributed by atoms with Gasteiger partial charge in [0.05, 0.1) is 13.3 Å². The molecule has 1 N–H and O–H groups in total. The van der Waals surface area contributed by atoms with Crippen LogP contribution in [-0.4, -0.2) is 25.8 Å². The van der Waals surface area contributed by atoms with Crippen molar-refractivity contribution in [2.24, 2.45) is 5.10 Å². The largest absolute Gasteiger partial charge is 0.493 e. The van der Waals surface area contributed by atoms with Crippen LogP contribution in [0.5, 0.6) is 17.2 Å². The Morgan fingerprint density at radius 3 is 2.50 bits per heavy atom. The van der Waals surface area contributed by atoms with Crippen LogP contribution in [0.2, 0.25) is 0 Å². The van der Waals surface area contributed by atoms with Gasteiger partial charge in [0, 0.05) is 0 Å². The van der Waals surface area contributed by atoms with E-state index in [0.717, 1.165) is 17.5 Å². The first-order chi connectivity index (χ1) is 15.6. The number of aryl methyl sites for hydroxylation is 2. The molecule has 0 aliphatic carbocycles. The molecule has 0 bridgehead atoms. The number of amides is 1. The topological polar surface area (TPSA) is 69.2 Å². The number of carbonyl (C=O) groups is 1. The first-order valence-corrected chi connectivity index (χ1v) is 10.5. The zero-order valence-corrected chi connectivity index (χ0v) is 18.6. The van der Waals surface area contributed by atoms with Crippen molar-refractivity contribution < 1.29 is 19.0 Å². The van der Waals surface area contributed by atoms with Crippen molar-refractivity contribution in [2.75, 3.05) is 13.7 Å². The second-order valence-corrected chi connectivity index (χ2v) is 7.20. The minimum absolute atomic E-state index is 0.113. The average Bonchev–Trinajstić information content (AvgIpc) is 2.83. The molecule has 0 saturated carbocycles. The molecule has 0 saturated heterocycles. The number of methoxy groups -OCH3 is 1. The maximum Gasteiger partial charge on any atom is 0.277 e. The molecule has 0 unspecified atom stereocenters. The van der Waals surface area contributed by atoms with Gasteiger partial charge in [0.25, 0.3) is 5.91 Å². The summed E-state index contributed by atoms with van der Waals surface area (Å²) in [5, 5.41) is 3.99. The number of nitrogens with one attached hydrogen (secondary N) is 1. The van der Waals surface area contributed by atoms with Gasteiger partial charge in [0.1, 0.15) is 12.4 Å². The van der Waals surface area contributed by atoms with Gasteiger partial charge in [0.2, 0.25) is 0 Å². The molecular weight excluding hydrogens is 404 g/mol. The molecule has 6 nitrogen and oxygen atoms in total. The molecule has 6 heteroatoms. The molecule has 0 aliphatic rings. The van der Waals surface area contributed by atoms with Crippen molar-refractivity contribution in [1.82, 2.24) is 5.43 Å². The van der Waals surface area contributed by atoms with Crippen molar-refractivity contribution in [3.8, 4) is 17.2 Å². The van der Waals surface area contributed by atoms with E-state index in [1.54, 1.807) is 19.4 Å². The second kappa shape index (κ2) is 11.6. The van der Waals surface area contributed by atoms with E-state index in [2.05, 4.69) is 30.4 Å². The van der Waals surface area contributed by atoms with Crippen LogP contribution in [0.15, 0.2) is 71.8 Å². The van der Waals surface area contributed by atoms with Crippen molar-refractivity contribution in [1.29, 1.82) is 0 Å². The molecule has 3 aromatic rings. The highest BCUT2D eigenvalue weighted by Gasteiger charge is 2.07. The third-order valence-corrected chi connectivity index (χ3v) is 4.94. The van der Waals surface area contributed by atoms with Crippen LogP contribution in [0.1, 0.15) is 29.2 Å². The summed E-state index contributed by atoms with van der Waals surface area (Å²) >= 11 is 0. The Bertz CT molecular complexity index is 1060. The molecule has 0 heterocycles. The van der Waals surface area contributed by atoms with Crippen LogP contribution < -0.4 is 19.6 Å². The lowest BCUT2D eigenvalue weighted by molar-refractivity contribution is -0.123. The molecule has 0 radical (unpaired) electrons. The molecule has 0 fully saturated rings. The summed E-state index contributed by atoms with van der Waals surface area (Å²) in [6, 6.07) is 21.2. The van der Waals surface area contributed by atoms with E-state index in [4.69, 9.17) is 14.2 Å². The van der Waals surface area contributed by atoms with E-state index in [1.165, 1.54) is 11.1 Å². The fourth-order valence-corrected chi connectivity index (χ4v) is 2.99. The maximum atomic E-state index is 12.0. The van der Waals surface area contributed by atoms with Gasteiger partial charge in [-0.05, 0) is 65.9 Å². The first-order valence-electron chi connectivity index (χ1n) is 10.5. The van der Waals surface area contributed by atoms with Gasteiger partial charge in [-0.15, -0.1) is 0 Å². The fourth-order valence-electron chi connectivity index (χ4n) is 2.99. The summed E-state index contributed by atoms with van der Waals surface area (Å²) in [7, 11) is 1.59. The lowest BCUT2D eigenvalue weighted by Gasteiger charge is -2.12. The van der Waals surface area contributed by atoms with E-state index in [9.17, 15) is 4.79 Å². The van der Waals surface area contributed by atoms with Gasteiger partial charge in [-0.25, -0.2) is 5.43 Å². The molecule has 3 rings (SSSR count). The minimum atomic E-state index is -0.342. The van der Waals surface area contributed by atoms with E-state index >= 15 is 0 Å². The summed E-state index contributed by atoms with van der Waals surface area (Å²) < 4.78 is 16.8. The van der Waals surface area contributed by atoms with Crippen LogP contribution in [0, 0.1) is 6.92 Å². The highest BCUT2D eigenvalue weighted by Crippen LogP contribution is 2.28. The Morgan fingerprint density at radius 2 is 1.78 bits per heavy atom. The Morgan fingerprint density at radius 1 is 1.00 bits per heavy atom. The van der Waals surface area contributed by atoms with Gasteiger partial charge < -0.3 is 14.2 Å². The van der Waals surface area contributed by atoms with Gasteiger partial charge in [-0.3, -0.25) is 4.79 Å². The highest BCUT2D eigenvalue weighted by molar-refractivity contribution is 5.83. The molecular formula is C26H28N2O4. The predicted octanol–water partition coefficient (Wildman–Crippen LogP) is 4.67. The molecule has 166 valence electrons. The van der Waals surface area contributed by atoms with Crippen molar-refractivity contribution in [3.05, 3.63) is 89.0 Å². The summed E-state index contributed by atoms with van der Waals surface area (Å²) in [4.78, 5) is 12.0. The third kappa shape index (κ3) is 6.60. The van der Waals surface area contributed by atoms with Crippen LogP contribution in [0.3, 0.4) is 0 Å². The lowest BCUT2D eigenvalue weighted by Crippen LogP contribution is -2.24. The first kappa shape index (κ1) is 22.9. The number of hydrogen-bond acceptors (Lipinski definition) is 5. The number of ether oxygens (including phenoxy) is 3. The number of carbonyl (C=O) groups excluding carboxylic acids is 1. The normalized spacial score (nSPS) is 10.7. The predicted molar refractivity (Wildman–Crippen MR) is 126 cm³/mol. The SMILES string of the molecule is CCc1ccc(OCC(=O)N/N=C/c2ccc(OCc3ccccc3C)c(OC)c2)cc1. The lowest BCUT2D eigenvalue weighted by atomic mass is 10.1. The second-order valence-electron chi connectivity index (χ2n) is 7.20. The third-order valence-electron chi connectivity index (χ3n) is 4.94.